The Morgan fingerprint density at radius 3 is 0.844 bits per heavy atom. The van der Waals surface area contributed by atoms with E-state index in [9.17, 15) is 10.5 Å². The SMILES string of the molecule is N#CC(C(C#N)=C(N1CCOCC1)N1CCOCC1)=C(N1CCOCC1)N1CCOCC1. The number of allylic oxidation sites excluding steroid dienone is 2. The van der Waals surface area contributed by atoms with Gasteiger partial charge in [0.05, 0.1) is 52.9 Å². The second-order valence-corrected chi connectivity index (χ2v) is 8.02. The average Bonchev–Trinajstić information content (AvgIpc) is 2.88. The standard InChI is InChI=1S/C22H32N6O4/c23-17-19(21(25-1-9-29-10-2-25)26-3-11-30-12-4-26)20(18-24)22(27-5-13-31-14-6-27)28-7-15-32-16-8-28/h1-16H2. The van der Waals surface area contributed by atoms with Crippen LogP contribution in [0.4, 0.5) is 0 Å². The highest BCUT2D eigenvalue weighted by Crippen LogP contribution is 2.29. The summed E-state index contributed by atoms with van der Waals surface area (Å²) < 4.78 is 22.3. The van der Waals surface area contributed by atoms with Gasteiger partial charge in [0.2, 0.25) is 0 Å². The molecule has 0 unspecified atom stereocenters. The summed E-state index contributed by atoms with van der Waals surface area (Å²) in [6.45, 7) is 10.4. The van der Waals surface area contributed by atoms with Crippen LogP contribution in [0.3, 0.4) is 0 Å². The summed E-state index contributed by atoms with van der Waals surface area (Å²) in [4.78, 5) is 8.78. The van der Waals surface area contributed by atoms with Crippen molar-refractivity contribution in [2.75, 3.05) is 105 Å². The molecular formula is C22H32N6O4. The third kappa shape index (κ3) is 5.11. The van der Waals surface area contributed by atoms with Crippen molar-refractivity contribution < 1.29 is 18.9 Å². The fourth-order valence-electron chi connectivity index (χ4n) is 4.57. The predicted octanol–water partition coefficient (Wildman–Crippen LogP) is -0.214. The molecule has 4 fully saturated rings. The summed E-state index contributed by atoms with van der Waals surface area (Å²) in [5.74, 6) is 1.66. The maximum Gasteiger partial charge on any atom is 0.124 e. The first kappa shape index (κ1) is 22.7. The van der Waals surface area contributed by atoms with Crippen LogP contribution in [-0.2, 0) is 18.9 Å². The van der Waals surface area contributed by atoms with Crippen LogP contribution in [0.25, 0.3) is 0 Å². The molecule has 0 aromatic heterocycles. The third-order valence-corrected chi connectivity index (χ3v) is 6.16. The van der Waals surface area contributed by atoms with Crippen LogP contribution in [0.2, 0.25) is 0 Å². The Morgan fingerprint density at radius 1 is 0.438 bits per heavy atom. The number of morpholine rings is 4. The van der Waals surface area contributed by atoms with Crippen molar-refractivity contribution >= 4 is 0 Å². The molecule has 32 heavy (non-hydrogen) atoms. The van der Waals surface area contributed by atoms with Gasteiger partial charge in [0.1, 0.15) is 34.9 Å². The average molecular weight is 445 g/mol. The van der Waals surface area contributed by atoms with Crippen molar-refractivity contribution in [1.82, 2.24) is 19.6 Å². The van der Waals surface area contributed by atoms with Gasteiger partial charge in [0.15, 0.2) is 0 Å². The maximum absolute atomic E-state index is 10.4. The topological polar surface area (TPSA) is 97.5 Å². The molecule has 10 nitrogen and oxygen atoms in total. The molecule has 0 bridgehead atoms. The second-order valence-electron chi connectivity index (χ2n) is 8.02. The van der Waals surface area contributed by atoms with Crippen LogP contribution >= 0.6 is 0 Å². The molecule has 4 rings (SSSR count). The lowest BCUT2D eigenvalue weighted by Gasteiger charge is -2.42. The molecule has 0 aromatic rings. The van der Waals surface area contributed by atoms with Crippen LogP contribution in [-0.4, -0.2) is 125 Å². The summed E-state index contributed by atoms with van der Waals surface area (Å²) in [6.07, 6.45) is 0. The van der Waals surface area contributed by atoms with Crippen molar-refractivity contribution in [1.29, 1.82) is 10.5 Å². The molecule has 174 valence electrons. The fraction of sp³-hybridized carbons (Fsp3) is 0.727. The van der Waals surface area contributed by atoms with E-state index in [0.717, 1.165) is 11.6 Å². The van der Waals surface area contributed by atoms with E-state index in [0.29, 0.717) is 116 Å². The third-order valence-electron chi connectivity index (χ3n) is 6.16. The van der Waals surface area contributed by atoms with E-state index < -0.39 is 0 Å². The highest BCUT2D eigenvalue weighted by molar-refractivity contribution is 5.54. The lowest BCUT2D eigenvalue weighted by atomic mass is 10.0. The zero-order valence-corrected chi connectivity index (χ0v) is 18.6. The molecule has 0 amide bonds. The van der Waals surface area contributed by atoms with Crippen molar-refractivity contribution in [3.8, 4) is 12.1 Å². The first-order chi connectivity index (χ1) is 15.8. The van der Waals surface area contributed by atoms with Crippen LogP contribution in [0.15, 0.2) is 22.8 Å². The molecule has 4 saturated heterocycles. The normalized spacial score (nSPS) is 22.1. The van der Waals surface area contributed by atoms with Gasteiger partial charge in [0.25, 0.3) is 0 Å². The minimum Gasteiger partial charge on any atom is -0.378 e. The van der Waals surface area contributed by atoms with Gasteiger partial charge >= 0.3 is 0 Å². The van der Waals surface area contributed by atoms with E-state index in [1.54, 1.807) is 0 Å². The number of rotatable bonds is 5. The summed E-state index contributed by atoms with van der Waals surface area (Å²) >= 11 is 0. The summed E-state index contributed by atoms with van der Waals surface area (Å²) in [7, 11) is 0. The smallest absolute Gasteiger partial charge is 0.124 e. The molecule has 4 aliphatic rings. The van der Waals surface area contributed by atoms with Gasteiger partial charge in [-0.05, 0) is 0 Å². The molecule has 4 heterocycles. The quantitative estimate of drug-likeness (QED) is 0.418. The predicted molar refractivity (Wildman–Crippen MR) is 115 cm³/mol. The van der Waals surface area contributed by atoms with Gasteiger partial charge in [-0.2, -0.15) is 10.5 Å². The summed E-state index contributed by atoms with van der Waals surface area (Å²) in [5, 5.41) is 20.8. The lowest BCUT2D eigenvalue weighted by Crippen LogP contribution is -2.48. The Labute approximate surface area is 189 Å². The molecule has 0 saturated carbocycles. The molecule has 0 aliphatic carbocycles. The van der Waals surface area contributed by atoms with Gasteiger partial charge in [-0.15, -0.1) is 0 Å². The molecule has 0 aromatic carbocycles. The van der Waals surface area contributed by atoms with E-state index in [1.165, 1.54) is 0 Å². The zero-order valence-electron chi connectivity index (χ0n) is 18.6. The number of ether oxygens (including phenoxy) is 4. The van der Waals surface area contributed by atoms with Crippen LogP contribution in [0.1, 0.15) is 0 Å². The number of nitriles is 2. The highest BCUT2D eigenvalue weighted by atomic mass is 16.5. The van der Waals surface area contributed by atoms with Crippen LogP contribution in [0.5, 0.6) is 0 Å². The monoisotopic (exact) mass is 444 g/mol. The van der Waals surface area contributed by atoms with Gasteiger partial charge in [-0.3, -0.25) is 0 Å². The largest absolute Gasteiger partial charge is 0.378 e. The van der Waals surface area contributed by atoms with E-state index in [1.807, 2.05) is 0 Å². The molecule has 0 atom stereocenters. The fourth-order valence-corrected chi connectivity index (χ4v) is 4.57. The Hall–Kier alpha value is -2.50. The number of nitrogens with zero attached hydrogens (tertiary/aromatic N) is 6. The Bertz CT molecular complexity index is 671. The van der Waals surface area contributed by atoms with Crippen molar-refractivity contribution in [3.05, 3.63) is 22.8 Å². The van der Waals surface area contributed by atoms with Gasteiger partial charge < -0.3 is 38.5 Å². The molecule has 0 spiro atoms. The molecule has 0 radical (unpaired) electrons. The van der Waals surface area contributed by atoms with E-state index in [-0.39, 0.29) is 0 Å². The first-order valence-corrected chi connectivity index (χ1v) is 11.4. The molecular weight excluding hydrogens is 412 g/mol. The van der Waals surface area contributed by atoms with Crippen molar-refractivity contribution in [3.63, 3.8) is 0 Å². The maximum atomic E-state index is 10.4. The van der Waals surface area contributed by atoms with Crippen molar-refractivity contribution in [2.45, 2.75) is 0 Å². The van der Waals surface area contributed by atoms with Crippen molar-refractivity contribution in [2.24, 2.45) is 0 Å². The molecule has 10 heteroatoms. The Balaban J connectivity index is 1.83. The van der Waals surface area contributed by atoms with E-state index in [2.05, 4.69) is 31.7 Å². The summed E-state index contributed by atoms with van der Waals surface area (Å²) in [6, 6.07) is 4.85. The second kappa shape index (κ2) is 11.4. The van der Waals surface area contributed by atoms with Gasteiger partial charge in [-0.1, -0.05) is 0 Å². The number of hydrogen-bond acceptors (Lipinski definition) is 10. The lowest BCUT2D eigenvalue weighted by molar-refractivity contribution is 0.00592. The molecule has 0 N–H and O–H groups in total. The first-order valence-electron chi connectivity index (χ1n) is 11.4. The number of hydrogen-bond donors (Lipinski definition) is 0. The summed E-state index contributed by atoms with van der Waals surface area (Å²) in [5.41, 5.74) is 0.869. The Morgan fingerprint density at radius 2 is 0.656 bits per heavy atom. The van der Waals surface area contributed by atoms with Gasteiger partial charge in [0, 0.05) is 52.4 Å². The van der Waals surface area contributed by atoms with E-state index >= 15 is 0 Å². The van der Waals surface area contributed by atoms with E-state index in [4.69, 9.17) is 18.9 Å². The minimum absolute atomic E-state index is 0.435. The van der Waals surface area contributed by atoms with Gasteiger partial charge in [-0.25, -0.2) is 0 Å². The molecule has 4 aliphatic heterocycles. The zero-order chi connectivity index (χ0) is 22.2. The highest BCUT2D eigenvalue weighted by Gasteiger charge is 2.32. The Kier molecular flexibility index (Phi) is 8.07. The minimum atomic E-state index is 0.435. The van der Waals surface area contributed by atoms with Crippen LogP contribution in [0, 0.1) is 22.7 Å². The van der Waals surface area contributed by atoms with Crippen LogP contribution < -0.4 is 0 Å².